The predicted octanol–water partition coefficient (Wildman–Crippen LogP) is 4.37. The van der Waals surface area contributed by atoms with Crippen LogP contribution >= 0.6 is 23.2 Å². The van der Waals surface area contributed by atoms with Crippen LogP contribution in [-0.4, -0.2) is 46.5 Å². The molecule has 6 nitrogen and oxygen atoms in total. The number of ether oxygens (including phenoxy) is 2. The highest BCUT2D eigenvalue weighted by molar-refractivity contribution is 6.30. The summed E-state index contributed by atoms with van der Waals surface area (Å²) in [6, 6.07) is 0. The highest BCUT2D eigenvalue weighted by Crippen LogP contribution is 2.35. The van der Waals surface area contributed by atoms with Crippen molar-refractivity contribution in [2.24, 2.45) is 0 Å². The molecule has 0 saturated carbocycles. The molecular weight excluding hydrogens is 394 g/mol. The summed E-state index contributed by atoms with van der Waals surface area (Å²) in [5, 5.41) is 0.228. The molecule has 0 aromatic carbocycles. The number of hydrogen-bond donors (Lipinski definition) is 0. The van der Waals surface area contributed by atoms with Crippen molar-refractivity contribution >= 4 is 39.9 Å². The van der Waals surface area contributed by atoms with Gasteiger partial charge in [0.05, 0.1) is 11.0 Å². The quantitative estimate of drug-likeness (QED) is 0.548. The monoisotopic (exact) mass is 414 g/mol. The average molecular weight is 415 g/mol. The first-order valence-corrected chi connectivity index (χ1v) is 9.92. The molecule has 2 aliphatic heterocycles. The molecule has 27 heavy (non-hydrogen) atoms. The van der Waals surface area contributed by atoms with Gasteiger partial charge in [-0.05, 0) is 50.6 Å². The molecule has 0 bridgehead atoms. The maximum absolute atomic E-state index is 14.4. The van der Waals surface area contributed by atoms with Gasteiger partial charge in [-0.3, -0.25) is 0 Å². The van der Waals surface area contributed by atoms with Crippen LogP contribution in [0.15, 0.2) is 6.20 Å². The average Bonchev–Trinajstić information content (AvgIpc) is 2.65. The third-order valence-electron chi connectivity index (χ3n) is 5.11. The normalized spacial score (nSPS) is 26.5. The maximum Gasteiger partial charge on any atom is 0.225 e. The Kier molecular flexibility index (Phi) is 5.38. The number of pyridine rings is 1. The molecule has 2 aromatic rings. The smallest absolute Gasteiger partial charge is 0.225 e. The van der Waals surface area contributed by atoms with Crippen LogP contribution in [0, 0.1) is 5.82 Å². The summed E-state index contributed by atoms with van der Waals surface area (Å²) in [5.41, 5.74) is -0.309. The van der Waals surface area contributed by atoms with Crippen LogP contribution in [0.2, 0.25) is 10.4 Å². The third-order valence-corrected chi connectivity index (χ3v) is 5.54. The van der Waals surface area contributed by atoms with Gasteiger partial charge < -0.3 is 14.4 Å². The van der Waals surface area contributed by atoms with Crippen LogP contribution in [0.3, 0.4) is 0 Å². The number of rotatable bonds is 3. The van der Waals surface area contributed by atoms with Gasteiger partial charge >= 0.3 is 0 Å². The standard InChI is InChI=1S/C18H21Cl2FN4O2/c1-18(27-12-5-2-3-8-26-12)6-4-7-25(10-18)16-11-9-22-15(19)13(21)14(11)23-17(20)24-16/h9,12H,2-8,10H2,1H3/t12?,18-/m1/s1. The lowest BCUT2D eigenvalue weighted by atomic mass is 9.94. The first-order valence-electron chi connectivity index (χ1n) is 9.17. The summed E-state index contributed by atoms with van der Waals surface area (Å²) in [7, 11) is 0. The van der Waals surface area contributed by atoms with Crippen LogP contribution in [0.5, 0.6) is 0 Å². The van der Waals surface area contributed by atoms with Crippen molar-refractivity contribution in [2.75, 3.05) is 24.6 Å². The summed E-state index contributed by atoms with van der Waals surface area (Å²) in [6.45, 7) is 4.18. The second-order valence-electron chi connectivity index (χ2n) is 7.33. The summed E-state index contributed by atoms with van der Waals surface area (Å²) in [6.07, 6.45) is 6.24. The Morgan fingerprint density at radius 2 is 2.15 bits per heavy atom. The fourth-order valence-electron chi connectivity index (χ4n) is 3.84. The molecule has 2 aromatic heterocycles. The summed E-state index contributed by atoms with van der Waals surface area (Å²) < 4.78 is 26.4. The van der Waals surface area contributed by atoms with Gasteiger partial charge in [-0.2, -0.15) is 4.98 Å². The van der Waals surface area contributed by atoms with Crippen molar-refractivity contribution in [3.8, 4) is 0 Å². The third kappa shape index (κ3) is 3.97. The minimum Gasteiger partial charge on any atom is -0.353 e. The summed E-state index contributed by atoms with van der Waals surface area (Å²) in [5.74, 6) is -0.140. The molecule has 146 valence electrons. The maximum atomic E-state index is 14.4. The molecule has 0 aliphatic carbocycles. The number of aromatic nitrogens is 3. The zero-order valence-corrected chi connectivity index (χ0v) is 16.6. The molecule has 2 aliphatic rings. The largest absolute Gasteiger partial charge is 0.353 e. The van der Waals surface area contributed by atoms with Gasteiger partial charge in [-0.25, -0.2) is 14.4 Å². The van der Waals surface area contributed by atoms with E-state index in [0.29, 0.717) is 17.7 Å². The van der Waals surface area contributed by atoms with Crippen LogP contribution < -0.4 is 4.90 Å². The van der Waals surface area contributed by atoms with E-state index in [-0.39, 0.29) is 27.8 Å². The lowest BCUT2D eigenvalue weighted by Gasteiger charge is -2.43. The van der Waals surface area contributed by atoms with E-state index in [1.807, 2.05) is 0 Å². The van der Waals surface area contributed by atoms with E-state index >= 15 is 0 Å². The van der Waals surface area contributed by atoms with E-state index in [0.717, 1.165) is 45.3 Å². The van der Waals surface area contributed by atoms with E-state index < -0.39 is 5.82 Å². The molecule has 0 radical (unpaired) electrons. The Bertz CT molecular complexity index is 850. The summed E-state index contributed by atoms with van der Waals surface area (Å²) >= 11 is 11.9. The highest BCUT2D eigenvalue weighted by Gasteiger charge is 2.36. The molecule has 0 N–H and O–H groups in total. The topological polar surface area (TPSA) is 60.4 Å². The molecule has 2 atom stereocenters. The molecule has 2 saturated heterocycles. The zero-order valence-electron chi connectivity index (χ0n) is 15.1. The van der Waals surface area contributed by atoms with E-state index in [1.165, 1.54) is 6.20 Å². The first-order chi connectivity index (χ1) is 13.0. The van der Waals surface area contributed by atoms with Crippen LogP contribution in [-0.2, 0) is 9.47 Å². The SMILES string of the molecule is C[C@@]1(OC2CCCCO2)CCCN(c2nc(Cl)nc3c(F)c(Cl)ncc23)C1. The first kappa shape index (κ1) is 19.1. The Hall–Kier alpha value is -1.28. The van der Waals surface area contributed by atoms with Gasteiger partial charge in [0, 0.05) is 25.9 Å². The minimum absolute atomic E-state index is 0.0255. The number of anilines is 1. The van der Waals surface area contributed by atoms with Gasteiger partial charge in [0.15, 0.2) is 17.3 Å². The van der Waals surface area contributed by atoms with Gasteiger partial charge in [-0.1, -0.05) is 11.6 Å². The molecule has 9 heteroatoms. The Morgan fingerprint density at radius 3 is 2.93 bits per heavy atom. The molecule has 4 rings (SSSR count). The van der Waals surface area contributed by atoms with Crippen molar-refractivity contribution in [3.63, 3.8) is 0 Å². The van der Waals surface area contributed by atoms with Crippen LogP contribution in [0.4, 0.5) is 10.2 Å². The second-order valence-corrected chi connectivity index (χ2v) is 8.03. The van der Waals surface area contributed by atoms with Crippen LogP contribution in [0.25, 0.3) is 10.9 Å². The second kappa shape index (κ2) is 7.62. The lowest BCUT2D eigenvalue weighted by Crippen LogP contribution is -2.50. The van der Waals surface area contributed by atoms with Gasteiger partial charge in [-0.15, -0.1) is 0 Å². The number of nitrogens with zero attached hydrogens (tertiary/aromatic N) is 4. The summed E-state index contributed by atoms with van der Waals surface area (Å²) in [4.78, 5) is 14.3. The highest BCUT2D eigenvalue weighted by atomic mass is 35.5. The van der Waals surface area contributed by atoms with E-state index in [1.54, 1.807) is 0 Å². The Morgan fingerprint density at radius 1 is 1.30 bits per heavy atom. The zero-order chi connectivity index (χ0) is 19.0. The number of fused-ring (bicyclic) bond motifs is 1. The molecular formula is C18H21Cl2FN4O2. The van der Waals surface area contributed by atoms with Crippen molar-refractivity contribution in [3.05, 3.63) is 22.5 Å². The fraction of sp³-hybridized carbons (Fsp3) is 0.611. The minimum atomic E-state index is -0.689. The predicted molar refractivity (Wildman–Crippen MR) is 102 cm³/mol. The van der Waals surface area contributed by atoms with Crippen molar-refractivity contribution in [1.82, 2.24) is 15.0 Å². The molecule has 0 amide bonds. The van der Waals surface area contributed by atoms with Crippen molar-refractivity contribution in [2.45, 2.75) is 50.9 Å². The van der Waals surface area contributed by atoms with Gasteiger partial charge in [0.2, 0.25) is 5.28 Å². The lowest BCUT2D eigenvalue weighted by molar-refractivity contribution is -0.221. The molecule has 1 unspecified atom stereocenters. The van der Waals surface area contributed by atoms with E-state index in [2.05, 4.69) is 26.8 Å². The fourth-order valence-corrected chi connectivity index (χ4v) is 4.14. The molecule has 2 fully saturated rings. The Labute approximate surface area is 167 Å². The molecule has 0 spiro atoms. The van der Waals surface area contributed by atoms with E-state index in [9.17, 15) is 4.39 Å². The number of piperidine rings is 1. The van der Waals surface area contributed by atoms with Gasteiger partial charge in [0.1, 0.15) is 11.3 Å². The number of halogens is 3. The van der Waals surface area contributed by atoms with Gasteiger partial charge in [0.25, 0.3) is 0 Å². The Balaban J connectivity index is 1.64. The van der Waals surface area contributed by atoms with Crippen LogP contribution in [0.1, 0.15) is 39.0 Å². The number of hydrogen-bond acceptors (Lipinski definition) is 6. The molecule has 4 heterocycles. The van der Waals surface area contributed by atoms with Crippen molar-refractivity contribution in [1.29, 1.82) is 0 Å². The van der Waals surface area contributed by atoms with E-state index in [4.69, 9.17) is 32.7 Å². The van der Waals surface area contributed by atoms with Crippen molar-refractivity contribution < 1.29 is 13.9 Å².